The van der Waals surface area contributed by atoms with Gasteiger partial charge in [0.1, 0.15) is 0 Å². The molecule has 0 rings (SSSR count). The minimum atomic E-state index is 0.613. The zero-order valence-electron chi connectivity index (χ0n) is 4.22. The van der Waals surface area contributed by atoms with E-state index in [1.54, 1.807) is 0 Å². The number of rotatable bonds is 2. The molecule has 0 bridgehead atoms. The Morgan fingerprint density at radius 1 is 1.29 bits per heavy atom. The summed E-state index contributed by atoms with van der Waals surface area (Å²) in [5, 5.41) is 0. The van der Waals surface area contributed by atoms with Gasteiger partial charge in [-0.1, -0.05) is 0 Å². The molecule has 1 nitrogen and oxygen atoms in total. The van der Waals surface area contributed by atoms with Gasteiger partial charge in [-0.2, -0.15) is 0 Å². The van der Waals surface area contributed by atoms with E-state index < -0.39 is 0 Å². The van der Waals surface area contributed by atoms with Crippen molar-refractivity contribution in [1.29, 1.82) is 0 Å². The summed E-state index contributed by atoms with van der Waals surface area (Å²) in [6.45, 7) is 0.856. The zero-order chi connectivity index (χ0) is 5.91. The van der Waals surface area contributed by atoms with E-state index in [1.807, 2.05) is 50.6 Å². The summed E-state index contributed by atoms with van der Waals surface area (Å²) in [7, 11) is 0. The van der Waals surface area contributed by atoms with Crippen LogP contribution in [0.4, 0.5) is 0 Å². The number of hydrogen-bond donors (Lipinski definition) is 1. The van der Waals surface area contributed by atoms with Crippen molar-refractivity contribution in [2.45, 2.75) is 8.20 Å². The summed E-state index contributed by atoms with van der Waals surface area (Å²) in [4.78, 5) is 0. The molecule has 0 amide bonds. The molecule has 0 aromatic rings. The molecule has 0 aliphatic carbocycles. The van der Waals surface area contributed by atoms with Gasteiger partial charge in [0, 0.05) is 0 Å². The van der Waals surface area contributed by atoms with Gasteiger partial charge >= 0.3 is 71.0 Å². The Bertz CT molecular complexity index is 48.6. The molecule has 7 heavy (non-hydrogen) atoms. The van der Waals surface area contributed by atoms with Crippen molar-refractivity contribution in [3.8, 4) is 0 Å². The Kier molecular flexibility index (Phi) is 4.47. The molecule has 0 fully saturated rings. The van der Waals surface area contributed by atoms with Crippen LogP contribution in [-0.2, 0) is 0 Å². The predicted octanol–water partition coefficient (Wildman–Crippen LogP) is -2.69. The quantitative estimate of drug-likeness (QED) is 0.550. The van der Waals surface area contributed by atoms with Crippen molar-refractivity contribution >= 4 is 50.6 Å². The fourth-order valence-corrected chi connectivity index (χ4v) is 1.30. The maximum absolute atomic E-state index is 5.34. The van der Waals surface area contributed by atoms with Crippen molar-refractivity contribution in [2.24, 2.45) is 5.73 Å². The summed E-state index contributed by atoms with van der Waals surface area (Å²) in [6.07, 6.45) is 1.20. The molecule has 0 radical (unpaired) electrons. The van der Waals surface area contributed by atoms with Crippen molar-refractivity contribution in [1.82, 2.24) is 0 Å². The van der Waals surface area contributed by atoms with Gasteiger partial charge in [-0.3, -0.25) is 0 Å². The van der Waals surface area contributed by atoms with E-state index in [4.69, 9.17) is 5.73 Å². The molecule has 2 N–H and O–H groups in total. The molecule has 0 saturated carbocycles. The summed E-state index contributed by atoms with van der Waals surface area (Å²) in [6, 6.07) is 0. The third kappa shape index (κ3) is 7.64. The first-order valence-electron chi connectivity index (χ1n) is 2.13. The molecule has 0 aromatic carbocycles. The molecule has 0 saturated heterocycles. The van der Waals surface area contributed by atoms with Gasteiger partial charge in [-0.25, -0.2) is 0 Å². The Hall–Kier alpha value is 1.64. The molecule has 4 heteroatoms. The summed E-state index contributed by atoms with van der Waals surface area (Å²) in [5.41, 5.74) is 5.34. The summed E-state index contributed by atoms with van der Waals surface area (Å²) >= 11 is 5.49. The molecule has 44 valence electrons. The van der Waals surface area contributed by atoms with E-state index in [2.05, 4.69) is 0 Å². The van der Waals surface area contributed by atoms with Crippen LogP contribution in [0.2, 0.25) is 1.78 Å². The average Bonchev–Trinajstić information content (AvgIpc) is 1.30. The van der Waals surface area contributed by atoms with E-state index in [0.29, 0.717) is 1.78 Å². The fourth-order valence-electron chi connectivity index (χ4n) is 0.250. The van der Waals surface area contributed by atoms with Gasteiger partial charge in [-0.15, -0.1) is 0 Å². The van der Waals surface area contributed by atoms with Gasteiger partial charge in [0.2, 0.25) is 0 Å². The van der Waals surface area contributed by atoms with Gasteiger partial charge in [-0.05, 0) is 0 Å². The van der Waals surface area contributed by atoms with Crippen molar-refractivity contribution in [2.75, 3.05) is 6.54 Å². The van der Waals surface area contributed by atoms with Crippen molar-refractivity contribution < 1.29 is 0 Å². The van der Waals surface area contributed by atoms with Crippen LogP contribution in [0.25, 0.3) is 0 Å². The molecule has 0 spiro atoms. The SMILES string of the molecule is NCCC([AsH2])([AsH2])[AsH2]. The van der Waals surface area contributed by atoms with Gasteiger partial charge in [0.05, 0.1) is 0 Å². The van der Waals surface area contributed by atoms with Crippen LogP contribution < -0.4 is 5.73 Å². The second-order valence-corrected chi connectivity index (χ2v) is 17.2. The number of nitrogens with two attached hydrogens (primary N) is 1. The standard InChI is InChI=1S/C3H12As3N/c4-3(5,6)1-2-7/h1-2,4-7H2. The van der Waals surface area contributed by atoms with E-state index in [1.165, 1.54) is 6.42 Å². The third-order valence-corrected chi connectivity index (χ3v) is 2.39. The molecule has 0 aliphatic rings. The Balaban J connectivity index is 3.15. The van der Waals surface area contributed by atoms with E-state index in [-0.39, 0.29) is 0 Å². The number of hydrogen-bond acceptors (Lipinski definition) is 1. The molecule has 3 unspecified atom stereocenters. The fraction of sp³-hybridized carbons (Fsp3) is 1.00. The van der Waals surface area contributed by atoms with Crippen LogP contribution in [0, 0.1) is 0 Å². The Labute approximate surface area is 70.7 Å². The average molecular weight is 287 g/mol. The second kappa shape index (κ2) is 3.62. The third-order valence-electron chi connectivity index (χ3n) is 0.577. The zero-order valence-corrected chi connectivity index (χ0v) is 11.5. The van der Waals surface area contributed by atoms with Crippen molar-refractivity contribution in [3.05, 3.63) is 0 Å². The topological polar surface area (TPSA) is 26.0 Å². The van der Waals surface area contributed by atoms with Crippen LogP contribution >= 0.6 is 0 Å². The first kappa shape index (κ1) is 8.64. The van der Waals surface area contributed by atoms with Crippen LogP contribution in [0.5, 0.6) is 0 Å². The predicted molar refractivity (Wildman–Crippen MR) is 42.0 cm³/mol. The minimum absolute atomic E-state index is 0.613. The van der Waals surface area contributed by atoms with Crippen LogP contribution in [0.15, 0.2) is 0 Å². The first-order valence-corrected chi connectivity index (χ1v) is 5.76. The van der Waals surface area contributed by atoms with Gasteiger partial charge in [0.25, 0.3) is 0 Å². The molecule has 0 heterocycles. The monoisotopic (exact) mass is 287 g/mol. The first-order chi connectivity index (χ1) is 3.06. The molecule has 0 aliphatic heterocycles. The normalized spacial score (nSPS) is 12.0. The Morgan fingerprint density at radius 2 is 1.71 bits per heavy atom. The Morgan fingerprint density at radius 3 is 1.71 bits per heavy atom. The molecular weight excluding hydrogens is 275 g/mol. The summed E-state index contributed by atoms with van der Waals surface area (Å²) in [5.74, 6) is 0. The van der Waals surface area contributed by atoms with Crippen LogP contribution in [0.1, 0.15) is 6.42 Å². The van der Waals surface area contributed by atoms with Crippen LogP contribution in [-0.4, -0.2) is 57.1 Å². The molecule has 3 atom stereocenters. The van der Waals surface area contributed by atoms with E-state index >= 15 is 0 Å². The van der Waals surface area contributed by atoms with Gasteiger partial charge in [0.15, 0.2) is 0 Å². The summed E-state index contributed by atoms with van der Waals surface area (Å²) < 4.78 is 0.613. The van der Waals surface area contributed by atoms with E-state index in [9.17, 15) is 0 Å². The van der Waals surface area contributed by atoms with Crippen LogP contribution in [0.3, 0.4) is 0 Å². The second-order valence-electron chi connectivity index (χ2n) is 1.65. The molecular formula is C3H12As3N. The van der Waals surface area contributed by atoms with E-state index in [0.717, 1.165) is 6.54 Å². The maximum atomic E-state index is 5.34. The molecule has 0 aromatic heterocycles. The van der Waals surface area contributed by atoms with Crippen molar-refractivity contribution in [3.63, 3.8) is 0 Å². The van der Waals surface area contributed by atoms with Gasteiger partial charge < -0.3 is 0 Å².